The third kappa shape index (κ3) is 2.21. The van der Waals surface area contributed by atoms with Gasteiger partial charge in [-0.25, -0.2) is 4.79 Å². The Morgan fingerprint density at radius 3 is 2.70 bits per heavy atom. The lowest BCUT2D eigenvalue weighted by Gasteiger charge is -2.05. The van der Waals surface area contributed by atoms with E-state index in [-0.39, 0.29) is 0 Å². The van der Waals surface area contributed by atoms with Crippen molar-refractivity contribution in [2.45, 2.75) is 0 Å². The number of aliphatic carboxylic acids is 1. The topological polar surface area (TPSA) is 72.6 Å². The molecular formula is C15H11NO4. The van der Waals surface area contributed by atoms with Gasteiger partial charge in [0.05, 0.1) is 5.39 Å². The summed E-state index contributed by atoms with van der Waals surface area (Å²) in [6.45, 7) is -0.404. The molecule has 1 N–H and O–H groups in total. The molecule has 1 heterocycles. The lowest BCUT2D eigenvalue weighted by atomic mass is 10.1. The maximum absolute atomic E-state index is 10.6. The van der Waals surface area contributed by atoms with Gasteiger partial charge in [0.2, 0.25) is 0 Å². The Hall–Kier alpha value is -2.82. The first kappa shape index (κ1) is 12.2. The molecule has 0 amide bonds. The van der Waals surface area contributed by atoms with Crippen LogP contribution in [0.1, 0.15) is 0 Å². The van der Waals surface area contributed by atoms with Gasteiger partial charge in [-0.2, -0.15) is 0 Å². The monoisotopic (exact) mass is 269 g/mol. The van der Waals surface area contributed by atoms with Crippen molar-refractivity contribution in [3.05, 3.63) is 48.5 Å². The molecule has 0 aliphatic carbocycles. The van der Waals surface area contributed by atoms with Crippen LogP contribution in [-0.4, -0.2) is 22.8 Å². The first-order chi connectivity index (χ1) is 9.75. The highest BCUT2D eigenvalue weighted by Crippen LogP contribution is 2.34. The van der Waals surface area contributed by atoms with Crippen LogP contribution in [0.2, 0.25) is 0 Å². The fraction of sp³-hybridized carbons (Fsp3) is 0.0667. The summed E-state index contributed by atoms with van der Waals surface area (Å²) in [7, 11) is 0. The second-order valence-corrected chi connectivity index (χ2v) is 4.21. The summed E-state index contributed by atoms with van der Waals surface area (Å²) in [6, 6.07) is 14.7. The molecule has 1 aromatic heterocycles. The minimum Gasteiger partial charge on any atom is -0.481 e. The molecule has 100 valence electrons. The predicted molar refractivity (Wildman–Crippen MR) is 72.6 cm³/mol. The molecule has 0 aliphatic heterocycles. The molecule has 3 rings (SSSR count). The third-order valence-corrected chi connectivity index (χ3v) is 2.86. The second kappa shape index (κ2) is 5.05. The average molecular weight is 269 g/mol. The van der Waals surface area contributed by atoms with E-state index in [4.69, 9.17) is 14.4 Å². The smallest absolute Gasteiger partial charge is 0.341 e. The zero-order chi connectivity index (χ0) is 13.9. The normalized spacial score (nSPS) is 10.6. The number of carboxylic acid groups (broad SMARTS) is 1. The lowest BCUT2D eigenvalue weighted by molar-refractivity contribution is -0.139. The highest BCUT2D eigenvalue weighted by Gasteiger charge is 2.15. The summed E-state index contributed by atoms with van der Waals surface area (Å²) in [5, 5.41) is 13.5. The molecule has 0 saturated carbocycles. The Morgan fingerprint density at radius 2 is 1.95 bits per heavy atom. The number of hydrogen-bond acceptors (Lipinski definition) is 4. The lowest BCUT2D eigenvalue weighted by Crippen LogP contribution is -2.09. The molecule has 0 radical (unpaired) electrons. The molecule has 5 heteroatoms. The SMILES string of the molecule is O=C(O)COc1cccc2onc(-c3ccccc3)c12. The third-order valence-electron chi connectivity index (χ3n) is 2.86. The van der Waals surface area contributed by atoms with Crippen molar-refractivity contribution < 1.29 is 19.2 Å². The van der Waals surface area contributed by atoms with Gasteiger partial charge < -0.3 is 14.4 Å². The molecular weight excluding hydrogens is 258 g/mol. The van der Waals surface area contributed by atoms with Crippen LogP contribution in [0, 0.1) is 0 Å². The van der Waals surface area contributed by atoms with E-state index in [0.29, 0.717) is 22.4 Å². The molecule has 0 atom stereocenters. The Morgan fingerprint density at radius 1 is 1.15 bits per heavy atom. The quantitative estimate of drug-likeness (QED) is 0.788. The van der Waals surface area contributed by atoms with Gasteiger partial charge in [-0.3, -0.25) is 0 Å². The molecule has 0 aliphatic rings. The summed E-state index contributed by atoms with van der Waals surface area (Å²) < 4.78 is 10.6. The van der Waals surface area contributed by atoms with E-state index < -0.39 is 12.6 Å². The van der Waals surface area contributed by atoms with Gasteiger partial charge in [0.1, 0.15) is 11.4 Å². The van der Waals surface area contributed by atoms with E-state index in [0.717, 1.165) is 5.56 Å². The van der Waals surface area contributed by atoms with Crippen LogP contribution in [-0.2, 0) is 4.79 Å². The van der Waals surface area contributed by atoms with E-state index >= 15 is 0 Å². The summed E-state index contributed by atoms with van der Waals surface area (Å²) >= 11 is 0. The number of rotatable bonds is 4. The molecule has 0 saturated heterocycles. The number of nitrogens with zero attached hydrogens (tertiary/aromatic N) is 1. The van der Waals surface area contributed by atoms with Crippen molar-refractivity contribution in [3.63, 3.8) is 0 Å². The maximum atomic E-state index is 10.6. The van der Waals surface area contributed by atoms with Crippen molar-refractivity contribution in [1.29, 1.82) is 0 Å². The molecule has 2 aromatic carbocycles. The minimum atomic E-state index is -1.03. The van der Waals surface area contributed by atoms with Gasteiger partial charge in [-0.05, 0) is 12.1 Å². The first-order valence-electron chi connectivity index (χ1n) is 6.04. The highest BCUT2D eigenvalue weighted by molar-refractivity contribution is 5.96. The van der Waals surface area contributed by atoms with Crippen molar-refractivity contribution in [2.24, 2.45) is 0 Å². The number of carbonyl (C=O) groups is 1. The number of benzene rings is 2. The number of fused-ring (bicyclic) bond motifs is 1. The Kier molecular flexibility index (Phi) is 3.09. The zero-order valence-corrected chi connectivity index (χ0v) is 10.4. The number of ether oxygens (including phenoxy) is 1. The molecule has 0 fully saturated rings. The molecule has 20 heavy (non-hydrogen) atoms. The molecule has 0 spiro atoms. The summed E-state index contributed by atoms with van der Waals surface area (Å²) in [4.78, 5) is 10.6. The van der Waals surface area contributed by atoms with Crippen LogP contribution in [0.5, 0.6) is 5.75 Å². The van der Waals surface area contributed by atoms with Crippen molar-refractivity contribution in [2.75, 3.05) is 6.61 Å². The minimum absolute atomic E-state index is 0.404. The van der Waals surface area contributed by atoms with Crippen LogP contribution >= 0.6 is 0 Å². The molecule has 3 aromatic rings. The number of carboxylic acids is 1. The highest BCUT2D eigenvalue weighted by atomic mass is 16.5. The molecule has 0 bridgehead atoms. The molecule has 0 unspecified atom stereocenters. The average Bonchev–Trinajstić information content (AvgIpc) is 2.90. The van der Waals surface area contributed by atoms with E-state index in [2.05, 4.69) is 5.16 Å². The van der Waals surface area contributed by atoms with Crippen LogP contribution in [0.3, 0.4) is 0 Å². The van der Waals surface area contributed by atoms with E-state index in [1.54, 1.807) is 18.2 Å². The van der Waals surface area contributed by atoms with Gasteiger partial charge in [0.15, 0.2) is 12.2 Å². The van der Waals surface area contributed by atoms with Crippen LogP contribution < -0.4 is 4.74 Å². The van der Waals surface area contributed by atoms with Gasteiger partial charge in [-0.15, -0.1) is 0 Å². The second-order valence-electron chi connectivity index (χ2n) is 4.21. The number of aromatic nitrogens is 1. The Balaban J connectivity index is 2.12. The Labute approximate surface area is 114 Å². The Bertz CT molecular complexity index is 749. The predicted octanol–water partition coefficient (Wildman–Crippen LogP) is 2.96. The number of hydrogen-bond donors (Lipinski definition) is 1. The van der Waals surface area contributed by atoms with Crippen molar-refractivity contribution in [3.8, 4) is 17.0 Å². The molecule has 5 nitrogen and oxygen atoms in total. The fourth-order valence-electron chi connectivity index (χ4n) is 2.01. The van der Waals surface area contributed by atoms with Crippen LogP contribution in [0.25, 0.3) is 22.2 Å². The van der Waals surface area contributed by atoms with Crippen molar-refractivity contribution >= 4 is 16.9 Å². The van der Waals surface area contributed by atoms with Gasteiger partial charge in [-0.1, -0.05) is 41.6 Å². The van der Waals surface area contributed by atoms with Gasteiger partial charge in [0.25, 0.3) is 0 Å². The zero-order valence-electron chi connectivity index (χ0n) is 10.4. The van der Waals surface area contributed by atoms with E-state index in [9.17, 15) is 4.79 Å². The van der Waals surface area contributed by atoms with E-state index in [1.807, 2.05) is 30.3 Å². The summed E-state index contributed by atoms with van der Waals surface area (Å²) in [5.74, 6) is -0.579. The largest absolute Gasteiger partial charge is 0.481 e. The maximum Gasteiger partial charge on any atom is 0.341 e. The van der Waals surface area contributed by atoms with E-state index in [1.165, 1.54) is 0 Å². The fourth-order valence-corrected chi connectivity index (χ4v) is 2.01. The summed E-state index contributed by atoms with van der Waals surface area (Å²) in [6.07, 6.45) is 0. The van der Waals surface area contributed by atoms with Crippen LogP contribution in [0.15, 0.2) is 53.1 Å². The first-order valence-corrected chi connectivity index (χ1v) is 6.04. The van der Waals surface area contributed by atoms with Gasteiger partial charge >= 0.3 is 5.97 Å². The summed E-state index contributed by atoms with van der Waals surface area (Å²) in [5.41, 5.74) is 2.09. The van der Waals surface area contributed by atoms with Crippen molar-refractivity contribution in [1.82, 2.24) is 5.16 Å². The standard InChI is InChI=1S/C15H11NO4/c17-13(18)9-19-11-7-4-8-12-14(11)15(16-20-12)10-5-2-1-3-6-10/h1-8H,9H2,(H,17,18). The van der Waals surface area contributed by atoms with Crippen LogP contribution in [0.4, 0.5) is 0 Å². The van der Waals surface area contributed by atoms with Gasteiger partial charge in [0, 0.05) is 5.56 Å².